The molecule has 0 aliphatic carbocycles. The van der Waals surface area contributed by atoms with Gasteiger partial charge in [0.2, 0.25) is 5.91 Å². The number of rotatable bonds is 10. The molecular weight excluding hydrogens is 521 g/mol. The van der Waals surface area contributed by atoms with Gasteiger partial charge in [-0.05, 0) is 12.8 Å². The Morgan fingerprint density at radius 3 is 2.38 bits per heavy atom. The van der Waals surface area contributed by atoms with Gasteiger partial charge in [-0.1, -0.05) is 0 Å². The van der Waals surface area contributed by atoms with Crippen LogP contribution in [0.4, 0.5) is 0 Å². The molecule has 1 aromatic heterocycles. The molecule has 16 nitrogen and oxygen atoms in total. The smallest absolute Gasteiger partial charge is 0.330 e. The number of carbonyl (C=O) groups excluding carboxylic acids is 1. The van der Waals surface area contributed by atoms with Crippen LogP contribution in [0, 0.1) is 0 Å². The summed E-state index contributed by atoms with van der Waals surface area (Å²) >= 11 is 0. The number of aliphatic hydroxyl groups is 5. The Morgan fingerprint density at radius 1 is 1.08 bits per heavy atom. The number of hydrogen-bond donors (Lipinski definition) is 8. The Balaban J connectivity index is 1.55. The average Bonchev–Trinajstić information content (AvgIpc) is 3.10. The molecule has 1 amide bonds. The molecule has 1 unspecified atom stereocenters. The van der Waals surface area contributed by atoms with Crippen molar-refractivity contribution < 1.29 is 53.8 Å². The zero-order valence-corrected chi connectivity index (χ0v) is 20.7. The fourth-order valence-electron chi connectivity index (χ4n) is 4.35. The number of aromatic nitrogens is 2. The number of amides is 1. The van der Waals surface area contributed by atoms with Crippen molar-refractivity contribution in [1.29, 1.82) is 0 Å². The second kappa shape index (κ2) is 12.3. The Kier molecular flexibility index (Phi) is 9.79. The second-order valence-electron chi connectivity index (χ2n) is 8.94. The largest absolute Gasteiger partial charge is 0.394 e. The highest BCUT2D eigenvalue weighted by molar-refractivity contribution is 7.52. The van der Waals surface area contributed by atoms with Crippen LogP contribution in [0.15, 0.2) is 21.9 Å². The van der Waals surface area contributed by atoms with Gasteiger partial charge in [0.25, 0.3) is 5.56 Å². The molecule has 0 spiro atoms. The van der Waals surface area contributed by atoms with Crippen LogP contribution < -0.4 is 16.6 Å². The Bertz CT molecular complexity index is 1100. The fourth-order valence-corrected chi connectivity index (χ4v) is 5.45. The molecule has 3 rings (SSSR count). The summed E-state index contributed by atoms with van der Waals surface area (Å²) in [5, 5.41) is 52.7. The summed E-state index contributed by atoms with van der Waals surface area (Å²) in [5.74, 6) is -0.513. The van der Waals surface area contributed by atoms with Crippen molar-refractivity contribution in [3.05, 3.63) is 33.1 Å². The Labute approximate surface area is 210 Å². The highest BCUT2D eigenvalue weighted by Gasteiger charge is 2.46. The first-order valence-corrected chi connectivity index (χ1v) is 13.3. The standard InChI is InChI=1S/C20H32N3O13P/c1-9(25)21-14-10(35-12(8-24)16(28)17(14)29)3-6-34-37(32,33)7-4-11-15(27)18(30)19(36-11)23-5-2-13(26)22-20(23)31/h2,5,10-12,14-19,24,27-30H,3-4,6-8H2,1H3,(H,21,25)(H,32,33)(H,22,26,31)/t10-,11-,12-,14+,15-,16-,17-,18-,19-/m1/s1. The van der Waals surface area contributed by atoms with Crippen LogP contribution in [0.25, 0.3) is 0 Å². The minimum absolute atomic E-state index is 0.0890. The Hall–Kier alpha value is -1.98. The van der Waals surface area contributed by atoms with Crippen molar-refractivity contribution in [2.75, 3.05) is 19.4 Å². The summed E-state index contributed by atoms with van der Waals surface area (Å²) in [6.07, 6.45) is -10.3. The number of ether oxygens (including phenoxy) is 2. The van der Waals surface area contributed by atoms with Crippen molar-refractivity contribution in [3.8, 4) is 0 Å². The number of aromatic amines is 1. The van der Waals surface area contributed by atoms with Crippen molar-refractivity contribution >= 4 is 13.5 Å². The second-order valence-corrected chi connectivity index (χ2v) is 10.9. The van der Waals surface area contributed by atoms with Gasteiger partial charge in [-0.15, -0.1) is 0 Å². The lowest BCUT2D eigenvalue weighted by Gasteiger charge is -2.42. The van der Waals surface area contributed by atoms with E-state index >= 15 is 0 Å². The number of aliphatic hydroxyl groups excluding tert-OH is 5. The zero-order valence-electron chi connectivity index (χ0n) is 19.8. The van der Waals surface area contributed by atoms with E-state index in [1.165, 1.54) is 6.92 Å². The van der Waals surface area contributed by atoms with Gasteiger partial charge in [0, 0.05) is 19.2 Å². The number of hydrogen-bond acceptors (Lipinski definition) is 12. The van der Waals surface area contributed by atoms with Gasteiger partial charge in [-0.2, -0.15) is 0 Å². The predicted octanol–water partition coefficient (Wildman–Crippen LogP) is -3.88. The monoisotopic (exact) mass is 553 g/mol. The lowest BCUT2D eigenvalue weighted by Crippen LogP contribution is -2.64. The lowest BCUT2D eigenvalue weighted by atomic mass is 9.91. The van der Waals surface area contributed by atoms with Gasteiger partial charge in [-0.25, -0.2) is 4.79 Å². The predicted molar refractivity (Wildman–Crippen MR) is 122 cm³/mol. The molecule has 3 heterocycles. The molecule has 17 heteroatoms. The third kappa shape index (κ3) is 7.11. The molecule has 37 heavy (non-hydrogen) atoms. The average molecular weight is 553 g/mol. The molecule has 0 bridgehead atoms. The summed E-state index contributed by atoms with van der Waals surface area (Å²) in [4.78, 5) is 46.9. The number of nitrogens with zero attached hydrogens (tertiary/aromatic N) is 1. The highest BCUT2D eigenvalue weighted by Crippen LogP contribution is 2.44. The first-order valence-electron chi connectivity index (χ1n) is 11.5. The van der Waals surface area contributed by atoms with Crippen molar-refractivity contribution in [2.24, 2.45) is 0 Å². The van der Waals surface area contributed by atoms with E-state index in [0.717, 1.165) is 16.8 Å². The molecule has 2 aliphatic heterocycles. The van der Waals surface area contributed by atoms with Gasteiger partial charge in [0.15, 0.2) is 6.23 Å². The first kappa shape index (κ1) is 29.6. The number of H-pyrrole nitrogens is 1. The fraction of sp³-hybridized carbons (Fsp3) is 0.750. The molecule has 2 aliphatic rings. The van der Waals surface area contributed by atoms with Crippen LogP contribution in [0.5, 0.6) is 0 Å². The van der Waals surface area contributed by atoms with Crippen molar-refractivity contribution in [2.45, 2.75) is 74.8 Å². The maximum Gasteiger partial charge on any atom is 0.330 e. The maximum absolute atomic E-state index is 12.5. The van der Waals surface area contributed by atoms with E-state index in [1.54, 1.807) is 0 Å². The first-order chi connectivity index (χ1) is 17.3. The molecule has 0 radical (unpaired) electrons. The number of nitrogens with one attached hydrogen (secondary N) is 2. The van der Waals surface area contributed by atoms with Crippen LogP contribution >= 0.6 is 7.60 Å². The topological polar surface area (TPSA) is 250 Å². The van der Waals surface area contributed by atoms with E-state index in [0.29, 0.717) is 0 Å². The zero-order chi connectivity index (χ0) is 27.5. The van der Waals surface area contributed by atoms with E-state index < -0.39 is 92.5 Å². The van der Waals surface area contributed by atoms with Crippen LogP contribution in [0.1, 0.15) is 26.0 Å². The van der Waals surface area contributed by atoms with Crippen LogP contribution in [0.2, 0.25) is 0 Å². The molecular formula is C20H32N3O13P. The normalized spacial score (nSPS) is 35.7. The molecule has 10 atom stereocenters. The van der Waals surface area contributed by atoms with E-state index in [-0.39, 0.29) is 19.4 Å². The van der Waals surface area contributed by atoms with Gasteiger partial charge in [-0.3, -0.25) is 23.7 Å². The van der Waals surface area contributed by atoms with E-state index in [2.05, 4.69) is 5.32 Å². The third-order valence-corrected chi connectivity index (χ3v) is 7.66. The summed E-state index contributed by atoms with van der Waals surface area (Å²) in [6, 6.07) is -0.0316. The quantitative estimate of drug-likeness (QED) is 0.129. The Morgan fingerprint density at radius 2 is 1.76 bits per heavy atom. The van der Waals surface area contributed by atoms with Crippen LogP contribution in [-0.2, 0) is 23.4 Å². The van der Waals surface area contributed by atoms with Crippen molar-refractivity contribution in [1.82, 2.24) is 14.9 Å². The van der Waals surface area contributed by atoms with E-state index in [4.69, 9.17) is 14.0 Å². The minimum atomic E-state index is -4.26. The van der Waals surface area contributed by atoms with Gasteiger partial charge >= 0.3 is 13.3 Å². The van der Waals surface area contributed by atoms with E-state index in [9.17, 15) is 49.4 Å². The van der Waals surface area contributed by atoms with Crippen LogP contribution in [0.3, 0.4) is 0 Å². The van der Waals surface area contributed by atoms with Gasteiger partial charge in [0.05, 0.1) is 37.6 Å². The molecule has 210 valence electrons. The van der Waals surface area contributed by atoms with E-state index in [1.807, 2.05) is 4.98 Å². The summed E-state index contributed by atoms with van der Waals surface area (Å²) in [6.45, 7) is 0.228. The maximum atomic E-state index is 12.5. The molecule has 1 aromatic rings. The summed E-state index contributed by atoms with van der Waals surface area (Å²) in [5.41, 5.74) is -1.53. The summed E-state index contributed by atoms with van der Waals surface area (Å²) < 4.78 is 29.5. The minimum Gasteiger partial charge on any atom is -0.394 e. The molecule has 0 aromatic carbocycles. The molecule has 2 fully saturated rings. The van der Waals surface area contributed by atoms with Crippen LogP contribution in [-0.4, -0.2) is 114 Å². The molecule has 2 saturated heterocycles. The SMILES string of the molecule is CC(=O)N[C@@H]1[C@@H](O)[C@H](O)[C@@H](CO)O[C@@H]1CCOP(=O)(O)CC[C@H]1O[C@@H](n2ccc(=O)[nH]c2=O)[C@H](O)[C@@H]1O. The van der Waals surface area contributed by atoms with Gasteiger partial charge < -0.3 is 49.7 Å². The highest BCUT2D eigenvalue weighted by atomic mass is 31.2. The third-order valence-electron chi connectivity index (χ3n) is 6.25. The summed E-state index contributed by atoms with van der Waals surface area (Å²) in [7, 11) is -4.26. The van der Waals surface area contributed by atoms with Gasteiger partial charge in [0.1, 0.15) is 30.5 Å². The molecule has 0 saturated carbocycles. The van der Waals surface area contributed by atoms with Crippen molar-refractivity contribution in [3.63, 3.8) is 0 Å². The number of carbonyl (C=O) groups is 1. The molecule has 8 N–H and O–H groups in total. The lowest BCUT2D eigenvalue weighted by molar-refractivity contribution is -0.197.